The van der Waals surface area contributed by atoms with Crippen LogP contribution in [0.4, 0.5) is 5.69 Å². The van der Waals surface area contributed by atoms with Crippen molar-refractivity contribution in [3.8, 4) is 5.88 Å². The van der Waals surface area contributed by atoms with E-state index in [1.54, 1.807) is 24.3 Å². The molecule has 2 aliphatic heterocycles. The van der Waals surface area contributed by atoms with E-state index in [1.165, 1.54) is 4.90 Å². The molecule has 30 heavy (non-hydrogen) atoms. The Morgan fingerprint density at radius 2 is 1.67 bits per heavy atom. The number of likely N-dealkylation sites (tertiary alicyclic amines) is 1. The van der Waals surface area contributed by atoms with Gasteiger partial charge in [-0.15, -0.1) is 5.10 Å². The number of aryl methyl sites for hydroxylation is 1. The fraction of sp³-hybridized carbons (Fsp3) is 0.409. The molecule has 1 aromatic carbocycles. The first-order valence-corrected chi connectivity index (χ1v) is 10.2. The minimum Gasteiger partial charge on any atom is -0.476 e. The van der Waals surface area contributed by atoms with Crippen LogP contribution in [0.15, 0.2) is 36.4 Å². The summed E-state index contributed by atoms with van der Waals surface area (Å²) in [5, 5.41) is 7.99. The van der Waals surface area contributed by atoms with Gasteiger partial charge < -0.3 is 9.64 Å². The van der Waals surface area contributed by atoms with Crippen molar-refractivity contribution in [2.24, 2.45) is 5.92 Å². The Kier molecular flexibility index (Phi) is 5.74. The number of ether oxygens (including phenoxy) is 1. The van der Waals surface area contributed by atoms with Crippen LogP contribution in [-0.2, 0) is 9.59 Å². The quantitative estimate of drug-likeness (QED) is 0.705. The summed E-state index contributed by atoms with van der Waals surface area (Å²) in [6.07, 6.45) is 2.21. The van der Waals surface area contributed by atoms with Crippen LogP contribution in [0.2, 0.25) is 0 Å². The van der Waals surface area contributed by atoms with Gasteiger partial charge in [-0.3, -0.25) is 19.3 Å². The molecule has 3 heterocycles. The van der Waals surface area contributed by atoms with Gasteiger partial charge in [0.15, 0.2) is 0 Å². The maximum absolute atomic E-state index is 12.8. The van der Waals surface area contributed by atoms with Crippen molar-refractivity contribution < 1.29 is 19.1 Å². The molecule has 0 atom stereocenters. The predicted octanol–water partition coefficient (Wildman–Crippen LogP) is 2.37. The van der Waals surface area contributed by atoms with Crippen molar-refractivity contribution in [2.45, 2.75) is 32.6 Å². The third-order valence-electron chi connectivity index (χ3n) is 5.57. The average Bonchev–Trinajstić information content (AvgIpc) is 3.11. The van der Waals surface area contributed by atoms with Gasteiger partial charge in [0.25, 0.3) is 5.91 Å². The van der Waals surface area contributed by atoms with E-state index in [4.69, 9.17) is 4.74 Å². The Balaban J connectivity index is 1.29. The zero-order valence-electron chi connectivity index (χ0n) is 16.9. The largest absolute Gasteiger partial charge is 0.476 e. The van der Waals surface area contributed by atoms with Crippen molar-refractivity contribution >= 4 is 23.4 Å². The summed E-state index contributed by atoms with van der Waals surface area (Å²) in [6, 6.07) is 10.4. The van der Waals surface area contributed by atoms with Crippen LogP contribution in [0.3, 0.4) is 0 Å². The molecule has 3 amide bonds. The number of benzene rings is 1. The summed E-state index contributed by atoms with van der Waals surface area (Å²) in [5.41, 5.74) is 1.93. The second-order valence-electron chi connectivity index (χ2n) is 7.73. The number of anilines is 1. The van der Waals surface area contributed by atoms with Crippen LogP contribution in [0, 0.1) is 12.8 Å². The molecule has 2 saturated heterocycles. The lowest BCUT2D eigenvalue weighted by Gasteiger charge is -2.32. The predicted molar refractivity (Wildman–Crippen MR) is 109 cm³/mol. The lowest BCUT2D eigenvalue weighted by molar-refractivity contribution is -0.121. The molecule has 0 N–H and O–H groups in total. The summed E-state index contributed by atoms with van der Waals surface area (Å²) in [7, 11) is 0. The molecule has 1 aromatic heterocycles. The van der Waals surface area contributed by atoms with Gasteiger partial charge in [0.05, 0.1) is 18.0 Å². The number of imide groups is 1. The van der Waals surface area contributed by atoms with E-state index in [2.05, 4.69) is 10.2 Å². The number of rotatable bonds is 5. The Hall–Kier alpha value is -3.29. The first kappa shape index (κ1) is 20.0. The fourth-order valence-corrected chi connectivity index (χ4v) is 3.77. The Bertz CT molecular complexity index is 919. The number of piperidine rings is 1. The molecule has 2 aromatic rings. The minimum absolute atomic E-state index is 0.0376. The molecule has 0 unspecified atom stereocenters. The monoisotopic (exact) mass is 408 g/mol. The second kappa shape index (κ2) is 8.61. The highest BCUT2D eigenvalue weighted by atomic mass is 16.5. The molecule has 0 aliphatic carbocycles. The molecule has 8 nitrogen and oxygen atoms in total. The Morgan fingerprint density at radius 1 is 1.00 bits per heavy atom. The Labute approximate surface area is 174 Å². The number of amides is 3. The summed E-state index contributed by atoms with van der Waals surface area (Å²) in [4.78, 5) is 39.5. The smallest absolute Gasteiger partial charge is 0.253 e. The van der Waals surface area contributed by atoms with E-state index >= 15 is 0 Å². The lowest BCUT2D eigenvalue weighted by atomic mass is 9.97. The number of aromatic nitrogens is 2. The summed E-state index contributed by atoms with van der Waals surface area (Å²) >= 11 is 0. The molecule has 2 fully saturated rings. The highest BCUT2D eigenvalue weighted by molar-refractivity contribution is 6.19. The van der Waals surface area contributed by atoms with Crippen molar-refractivity contribution in [2.75, 3.05) is 24.6 Å². The van der Waals surface area contributed by atoms with Gasteiger partial charge in [-0.2, -0.15) is 5.10 Å². The molecule has 156 valence electrons. The molecule has 4 rings (SSSR count). The molecule has 0 saturated carbocycles. The van der Waals surface area contributed by atoms with Gasteiger partial charge in [-0.25, -0.2) is 0 Å². The number of hydrogen-bond acceptors (Lipinski definition) is 6. The fourth-order valence-electron chi connectivity index (χ4n) is 3.77. The van der Waals surface area contributed by atoms with Gasteiger partial charge >= 0.3 is 0 Å². The SMILES string of the molecule is Cc1ccc(OCC2CCN(C(=O)c3ccc(N4C(=O)CCC4=O)cc3)CC2)nn1. The van der Waals surface area contributed by atoms with Crippen LogP contribution in [-0.4, -0.2) is 52.5 Å². The van der Waals surface area contributed by atoms with Gasteiger partial charge in [0.1, 0.15) is 0 Å². The van der Waals surface area contributed by atoms with Crippen molar-refractivity contribution in [1.82, 2.24) is 15.1 Å². The van der Waals surface area contributed by atoms with E-state index in [-0.39, 0.29) is 30.6 Å². The van der Waals surface area contributed by atoms with Crippen molar-refractivity contribution in [3.63, 3.8) is 0 Å². The van der Waals surface area contributed by atoms with E-state index < -0.39 is 0 Å². The molecular formula is C22H24N4O4. The minimum atomic E-state index is -0.194. The van der Waals surface area contributed by atoms with Crippen LogP contribution in [0.1, 0.15) is 41.7 Å². The zero-order chi connectivity index (χ0) is 21.1. The van der Waals surface area contributed by atoms with Gasteiger partial charge in [-0.05, 0) is 56.0 Å². The van der Waals surface area contributed by atoms with Crippen LogP contribution in [0.5, 0.6) is 5.88 Å². The topological polar surface area (TPSA) is 92.7 Å². The van der Waals surface area contributed by atoms with Gasteiger partial charge in [0.2, 0.25) is 17.7 Å². The number of nitrogens with zero attached hydrogens (tertiary/aromatic N) is 4. The molecule has 2 aliphatic rings. The number of hydrogen-bond donors (Lipinski definition) is 0. The first-order valence-electron chi connectivity index (χ1n) is 10.2. The van der Waals surface area contributed by atoms with Crippen LogP contribution >= 0.6 is 0 Å². The highest BCUT2D eigenvalue weighted by Crippen LogP contribution is 2.24. The van der Waals surface area contributed by atoms with Crippen molar-refractivity contribution in [3.05, 3.63) is 47.7 Å². The van der Waals surface area contributed by atoms with Crippen LogP contribution in [0.25, 0.3) is 0 Å². The second-order valence-corrected chi connectivity index (χ2v) is 7.73. The van der Waals surface area contributed by atoms with Crippen LogP contribution < -0.4 is 9.64 Å². The van der Waals surface area contributed by atoms with E-state index in [1.807, 2.05) is 24.0 Å². The average molecular weight is 408 g/mol. The molecule has 8 heteroatoms. The maximum Gasteiger partial charge on any atom is 0.253 e. The van der Waals surface area contributed by atoms with E-state index in [9.17, 15) is 14.4 Å². The van der Waals surface area contributed by atoms with Gasteiger partial charge in [0, 0.05) is 37.6 Å². The van der Waals surface area contributed by atoms with Crippen molar-refractivity contribution in [1.29, 1.82) is 0 Å². The third-order valence-corrected chi connectivity index (χ3v) is 5.57. The molecule has 0 bridgehead atoms. The zero-order valence-corrected chi connectivity index (χ0v) is 16.9. The Morgan fingerprint density at radius 3 is 2.27 bits per heavy atom. The standard InChI is InChI=1S/C22H24N4O4/c1-15-2-7-19(24-23-15)30-14-16-10-12-25(13-11-16)22(29)17-3-5-18(6-4-17)26-20(27)8-9-21(26)28/h2-7,16H,8-14H2,1H3. The number of carbonyl (C=O) groups is 3. The third kappa shape index (κ3) is 4.32. The summed E-state index contributed by atoms with van der Waals surface area (Å²) in [5.74, 6) is 0.463. The molecule has 0 spiro atoms. The molecular weight excluding hydrogens is 384 g/mol. The highest BCUT2D eigenvalue weighted by Gasteiger charge is 2.30. The normalized spacial score (nSPS) is 17.5. The van der Waals surface area contributed by atoms with E-state index in [0.717, 1.165) is 18.5 Å². The number of carbonyl (C=O) groups excluding carboxylic acids is 3. The lowest BCUT2D eigenvalue weighted by Crippen LogP contribution is -2.39. The first-order chi connectivity index (χ1) is 14.5. The maximum atomic E-state index is 12.8. The summed E-state index contributed by atoms with van der Waals surface area (Å²) < 4.78 is 5.72. The van der Waals surface area contributed by atoms with E-state index in [0.29, 0.717) is 42.7 Å². The van der Waals surface area contributed by atoms with Gasteiger partial charge in [-0.1, -0.05) is 0 Å². The summed E-state index contributed by atoms with van der Waals surface area (Å²) in [6.45, 7) is 3.77. The molecule has 0 radical (unpaired) electrons.